The minimum absolute atomic E-state index is 0.156. The number of anilines is 1. The maximum absolute atomic E-state index is 13.6. The fourth-order valence-corrected chi connectivity index (χ4v) is 5.80. The Labute approximate surface area is 212 Å². The van der Waals surface area contributed by atoms with E-state index in [4.69, 9.17) is 9.47 Å². The summed E-state index contributed by atoms with van der Waals surface area (Å²) >= 11 is 1.73. The van der Waals surface area contributed by atoms with E-state index in [1.54, 1.807) is 25.6 Å². The fraction of sp³-hybridized carbons (Fsp3) is 0.654. The van der Waals surface area contributed by atoms with Crippen molar-refractivity contribution in [2.45, 2.75) is 58.0 Å². The molecule has 0 saturated carbocycles. The van der Waals surface area contributed by atoms with E-state index in [0.29, 0.717) is 18.6 Å². The zero-order valence-corrected chi connectivity index (χ0v) is 21.7. The summed E-state index contributed by atoms with van der Waals surface area (Å²) in [4.78, 5) is 40.1. The Bertz CT molecular complexity index is 846. The Balaban J connectivity index is 1.67. The zero-order valence-electron chi connectivity index (χ0n) is 20.9. The predicted octanol–water partition coefficient (Wildman–Crippen LogP) is 2.54. The molecule has 1 amide bonds. The van der Waals surface area contributed by atoms with Crippen molar-refractivity contribution in [2.24, 2.45) is 5.92 Å². The summed E-state index contributed by atoms with van der Waals surface area (Å²) in [6.07, 6.45) is 4.73. The van der Waals surface area contributed by atoms with Crippen LogP contribution in [0.2, 0.25) is 0 Å². The second-order valence-electron chi connectivity index (χ2n) is 8.98. The third kappa shape index (κ3) is 8.22. The highest BCUT2D eigenvalue weighted by atomic mass is 32.2. The number of thioether (sulfide) groups is 1. The van der Waals surface area contributed by atoms with E-state index in [1.807, 2.05) is 24.3 Å². The Kier molecular flexibility index (Phi) is 11.4. The molecule has 35 heavy (non-hydrogen) atoms. The number of ether oxygens (including phenoxy) is 2. The number of hydrogen-bond donors (Lipinski definition) is 2. The van der Waals surface area contributed by atoms with E-state index in [1.165, 1.54) is 17.7 Å². The van der Waals surface area contributed by atoms with Gasteiger partial charge in [0.15, 0.2) is 0 Å². The normalized spacial score (nSPS) is 19.5. The molecule has 2 heterocycles. The van der Waals surface area contributed by atoms with E-state index in [0.717, 1.165) is 42.4 Å². The summed E-state index contributed by atoms with van der Waals surface area (Å²) in [6, 6.07) is 6.43. The quantitative estimate of drug-likeness (QED) is 0.331. The van der Waals surface area contributed by atoms with Gasteiger partial charge in [0, 0.05) is 11.4 Å². The number of benzene rings is 1. The first-order valence-corrected chi connectivity index (χ1v) is 13.9. The molecule has 1 aromatic rings. The lowest BCUT2D eigenvalue weighted by atomic mass is 9.96. The Morgan fingerprint density at radius 1 is 1.14 bits per heavy atom. The number of amides is 1. The molecule has 9 heteroatoms. The standard InChI is InChI=1S/C26H39N3O5S/c1-3-33-24(30)17-29-23-8-6-5-7-20(23)9-10-21(25(29)31)28-22(26(32)34-4-2)18-35-16-13-19-11-14-27-15-12-19/h5-8,19,21-22,27-28H,3-4,9-18H2,1-2H3/t21?,22-/m0/s1. The number of nitrogens with one attached hydrogen (secondary N) is 2. The van der Waals surface area contributed by atoms with Crippen LogP contribution in [0.4, 0.5) is 5.69 Å². The van der Waals surface area contributed by atoms with Crippen LogP contribution in [-0.2, 0) is 30.3 Å². The minimum Gasteiger partial charge on any atom is -0.465 e. The van der Waals surface area contributed by atoms with Crippen molar-refractivity contribution in [1.82, 2.24) is 10.6 Å². The lowest BCUT2D eigenvalue weighted by Gasteiger charge is -2.28. The van der Waals surface area contributed by atoms with Gasteiger partial charge in [0.1, 0.15) is 12.6 Å². The lowest BCUT2D eigenvalue weighted by molar-refractivity contribution is -0.146. The highest BCUT2D eigenvalue weighted by Crippen LogP contribution is 2.27. The summed E-state index contributed by atoms with van der Waals surface area (Å²) < 4.78 is 10.4. The molecule has 1 unspecified atom stereocenters. The number of aryl methyl sites for hydroxylation is 1. The number of nitrogens with zero attached hydrogens (tertiary/aromatic N) is 1. The van der Waals surface area contributed by atoms with Gasteiger partial charge in [0.25, 0.3) is 0 Å². The van der Waals surface area contributed by atoms with Crippen molar-refractivity contribution in [3.05, 3.63) is 29.8 Å². The number of carbonyl (C=O) groups is 3. The van der Waals surface area contributed by atoms with E-state index >= 15 is 0 Å². The monoisotopic (exact) mass is 505 g/mol. The average molecular weight is 506 g/mol. The van der Waals surface area contributed by atoms with Gasteiger partial charge in [-0.15, -0.1) is 0 Å². The molecule has 2 N–H and O–H groups in total. The average Bonchev–Trinajstić information content (AvgIpc) is 2.99. The number of carbonyl (C=O) groups excluding carboxylic acids is 3. The SMILES string of the molecule is CCOC(=O)CN1C(=O)C(N[C@@H](CSCCC2CCNCC2)C(=O)OCC)CCc2ccccc21. The summed E-state index contributed by atoms with van der Waals surface area (Å²) in [6.45, 7) is 6.07. The van der Waals surface area contributed by atoms with Crippen molar-refractivity contribution in [3.8, 4) is 0 Å². The maximum atomic E-state index is 13.6. The van der Waals surface area contributed by atoms with E-state index < -0.39 is 18.1 Å². The number of piperidine rings is 1. The highest BCUT2D eigenvalue weighted by molar-refractivity contribution is 7.99. The first kappa shape index (κ1) is 27.5. The summed E-state index contributed by atoms with van der Waals surface area (Å²) in [5.74, 6) is 1.23. The second kappa shape index (κ2) is 14.5. The molecule has 2 atom stereocenters. The van der Waals surface area contributed by atoms with Gasteiger partial charge >= 0.3 is 11.9 Å². The molecule has 1 saturated heterocycles. The van der Waals surface area contributed by atoms with Crippen LogP contribution in [-0.4, -0.2) is 74.3 Å². The molecule has 1 fully saturated rings. The summed E-state index contributed by atoms with van der Waals surface area (Å²) in [7, 11) is 0. The molecule has 1 aromatic carbocycles. The largest absolute Gasteiger partial charge is 0.465 e. The molecule has 0 radical (unpaired) electrons. The molecule has 194 valence electrons. The van der Waals surface area contributed by atoms with Crippen molar-refractivity contribution in [3.63, 3.8) is 0 Å². The number of fused-ring (bicyclic) bond motifs is 1. The van der Waals surface area contributed by atoms with Gasteiger partial charge in [-0.25, -0.2) is 0 Å². The smallest absolute Gasteiger partial charge is 0.326 e. The summed E-state index contributed by atoms with van der Waals surface area (Å²) in [5.41, 5.74) is 1.72. The third-order valence-corrected chi connectivity index (χ3v) is 7.62. The van der Waals surface area contributed by atoms with Crippen LogP contribution in [0.3, 0.4) is 0 Å². The fourth-order valence-electron chi connectivity index (χ4n) is 4.66. The molecule has 0 spiro atoms. The van der Waals surface area contributed by atoms with Crippen molar-refractivity contribution >= 4 is 35.3 Å². The summed E-state index contributed by atoms with van der Waals surface area (Å²) in [5, 5.41) is 6.68. The lowest BCUT2D eigenvalue weighted by Crippen LogP contribution is -2.53. The number of rotatable bonds is 12. The van der Waals surface area contributed by atoms with Crippen molar-refractivity contribution < 1.29 is 23.9 Å². The molecule has 0 aromatic heterocycles. The second-order valence-corrected chi connectivity index (χ2v) is 10.1. The topological polar surface area (TPSA) is 97.0 Å². The molecule has 0 bridgehead atoms. The Morgan fingerprint density at radius 3 is 2.63 bits per heavy atom. The van der Waals surface area contributed by atoms with Gasteiger partial charge in [-0.1, -0.05) is 18.2 Å². The zero-order chi connectivity index (χ0) is 25.0. The van der Waals surface area contributed by atoms with Crippen LogP contribution in [0.25, 0.3) is 0 Å². The van der Waals surface area contributed by atoms with E-state index in [2.05, 4.69) is 10.6 Å². The van der Waals surface area contributed by atoms with E-state index in [-0.39, 0.29) is 31.6 Å². The molecule has 0 aliphatic carbocycles. The van der Waals surface area contributed by atoms with Crippen LogP contribution in [0.5, 0.6) is 0 Å². The van der Waals surface area contributed by atoms with Crippen LogP contribution in [0.15, 0.2) is 24.3 Å². The number of esters is 2. The Morgan fingerprint density at radius 2 is 1.89 bits per heavy atom. The van der Waals surface area contributed by atoms with Crippen molar-refractivity contribution in [2.75, 3.05) is 49.3 Å². The molecular weight excluding hydrogens is 466 g/mol. The van der Waals surface area contributed by atoms with Gasteiger partial charge in [0.05, 0.1) is 19.3 Å². The van der Waals surface area contributed by atoms with Crippen molar-refractivity contribution in [1.29, 1.82) is 0 Å². The third-order valence-electron chi connectivity index (χ3n) is 6.53. The highest BCUT2D eigenvalue weighted by Gasteiger charge is 2.34. The van der Waals surface area contributed by atoms with Gasteiger partial charge in [-0.3, -0.25) is 24.6 Å². The molecule has 8 nitrogen and oxygen atoms in total. The van der Waals surface area contributed by atoms with Crippen LogP contribution < -0.4 is 15.5 Å². The maximum Gasteiger partial charge on any atom is 0.326 e. The van der Waals surface area contributed by atoms with Gasteiger partial charge in [0.2, 0.25) is 5.91 Å². The van der Waals surface area contributed by atoms with E-state index in [9.17, 15) is 14.4 Å². The molecule has 2 aliphatic heterocycles. The van der Waals surface area contributed by atoms with Crippen LogP contribution in [0, 0.1) is 5.92 Å². The predicted molar refractivity (Wildman–Crippen MR) is 139 cm³/mol. The first-order valence-electron chi connectivity index (χ1n) is 12.8. The first-order chi connectivity index (χ1) is 17.0. The van der Waals surface area contributed by atoms with Gasteiger partial charge in [-0.05, 0) is 82.3 Å². The van der Waals surface area contributed by atoms with Gasteiger partial charge in [-0.2, -0.15) is 11.8 Å². The molecular formula is C26H39N3O5S. The van der Waals surface area contributed by atoms with Crippen LogP contribution >= 0.6 is 11.8 Å². The Hall–Kier alpha value is -2.10. The molecule has 3 rings (SSSR count). The van der Waals surface area contributed by atoms with Gasteiger partial charge < -0.3 is 14.8 Å². The molecule has 2 aliphatic rings. The number of hydrogen-bond acceptors (Lipinski definition) is 8. The van der Waals surface area contributed by atoms with Crippen LogP contribution in [0.1, 0.15) is 45.1 Å². The minimum atomic E-state index is -0.601. The number of para-hydroxylation sites is 1.